The lowest BCUT2D eigenvalue weighted by molar-refractivity contribution is 0.294. The first kappa shape index (κ1) is 14.6. The molecule has 1 aromatic rings. The van der Waals surface area contributed by atoms with Crippen LogP contribution in [0.2, 0.25) is 0 Å². The molecule has 2 heterocycles. The predicted octanol–water partition coefficient (Wildman–Crippen LogP) is -0.200. The Hall–Kier alpha value is -1.76. The average molecular weight is 281 g/mol. The van der Waals surface area contributed by atoms with E-state index < -0.39 is 11.2 Å². The SMILES string of the molecule is CC(CNc1c(N)n(C)c(=O)[nH]c1=O)CN1CCCC1. The lowest BCUT2D eigenvalue weighted by Crippen LogP contribution is -2.34. The molecule has 1 aliphatic rings. The molecule has 1 aliphatic heterocycles. The van der Waals surface area contributed by atoms with Crippen molar-refractivity contribution in [3.63, 3.8) is 0 Å². The van der Waals surface area contributed by atoms with E-state index in [1.54, 1.807) is 0 Å². The van der Waals surface area contributed by atoms with Gasteiger partial charge in [0.2, 0.25) is 0 Å². The molecule has 2 rings (SSSR count). The van der Waals surface area contributed by atoms with Crippen LogP contribution < -0.4 is 22.3 Å². The van der Waals surface area contributed by atoms with Crippen molar-refractivity contribution in [3.8, 4) is 0 Å². The topological polar surface area (TPSA) is 96.1 Å². The molecule has 7 nitrogen and oxygen atoms in total. The number of nitrogens with zero attached hydrogens (tertiary/aromatic N) is 2. The van der Waals surface area contributed by atoms with E-state index in [9.17, 15) is 9.59 Å². The molecule has 4 N–H and O–H groups in total. The largest absolute Gasteiger partial charge is 0.383 e. The van der Waals surface area contributed by atoms with Crippen LogP contribution in [0.1, 0.15) is 19.8 Å². The molecular weight excluding hydrogens is 258 g/mol. The van der Waals surface area contributed by atoms with Crippen LogP contribution in [0.25, 0.3) is 0 Å². The summed E-state index contributed by atoms with van der Waals surface area (Å²) in [5.74, 6) is 0.580. The van der Waals surface area contributed by atoms with Gasteiger partial charge in [0.15, 0.2) is 0 Å². The Morgan fingerprint density at radius 2 is 2.00 bits per heavy atom. The lowest BCUT2D eigenvalue weighted by Gasteiger charge is -2.21. The van der Waals surface area contributed by atoms with E-state index in [1.165, 1.54) is 24.5 Å². The Morgan fingerprint density at radius 3 is 2.65 bits per heavy atom. The fraction of sp³-hybridized carbons (Fsp3) is 0.692. The Morgan fingerprint density at radius 1 is 1.35 bits per heavy atom. The van der Waals surface area contributed by atoms with Crippen LogP contribution in [0.5, 0.6) is 0 Å². The van der Waals surface area contributed by atoms with Crippen LogP contribution in [0.3, 0.4) is 0 Å². The second-order valence-electron chi connectivity index (χ2n) is 5.57. The maximum Gasteiger partial charge on any atom is 0.329 e. The molecule has 7 heteroatoms. The molecule has 0 bridgehead atoms. The van der Waals surface area contributed by atoms with Crippen molar-refractivity contribution in [2.45, 2.75) is 19.8 Å². The normalized spacial score (nSPS) is 17.3. The third-order valence-electron chi connectivity index (χ3n) is 3.77. The monoisotopic (exact) mass is 281 g/mol. The zero-order valence-corrected chi connectivity index (χ0v) is 12.1. The number of anilines is 2. The molecular formula is C13H23N5O2. The highest BCUT2D eigenvalue weighted by molar-refractivity contribution is 5.60. The van der Waals surface area contributed by atoms with Crippen molar-refractivity contribution < 1.29 is 0 Å². The number of aromatic amines is 1. The molecule has 0 aromatic carbocycles. The molecule has 1 fully saturated rings. The second-order valence-corrected chi connectivity index (χ2v) is 5.57. The van der Waals surface area contributed by atoms with E-state index in [4.69, 9.17) is 5.73 Å². The number of H-pyrrole nitrogens is 1. The Balaban J connectivity index is 1.98. The van der Waals surface area contributed by atoms with Gasteiger partial charge in [-0.1, -0.05) is 6.92 Å². The molecule has 1 atom stereocenters. The van der Waals surface area contributed by atoms with Gasteiger partial charge in [-0.3, -0.25) is 14.3 Å². The highest BCUT2D eigenvalue weighted by Crippen LogP contribution is 2.12. The van der Waals surface area contributed by atoms with Crippen molar-refractivity contribution in [1.29, 1.82) is 0 Å². The number of aromatic nitrogens is 2. The number of hydrogen-bond donors (Lipinski definition) is 3. The zero-order chi connectivity index (χ0) is 14.7. The first-order valence-corrected chi connectivity index (χ1v) is 7.04. The van der Waals surface area contributed by atoms with Gasteiger partial charge in [0.1, 0.15) is 11.5 Å². The van der Waals surface area contributed by atoms with Gasteiger partial charge < -0.3 is 16.0 Å². The highest BCUT2D eigenvalue weighted by Gasteiger charge is 2.16. The standard InChI is InChI=1S/C13H23N5O2/c1-9(8-18-5-3-4-6-18)7-15-10-11(14)17(2)13(20)16-12(10)19/h9,15H,3-8,14H2,1-2H3,(H,16,19,20). The van der Waals surface area contributed by atoms with Crippen LogP contribution in [0.15, 0.2) is 9.59 Å². The van der Waals surface area contributed by atoms with Crippen LogP contribution in [0, 0.1) is 5.92 Å². The van der Waals surface area contributed by atoms with Crippen LogP contribution in [-0.4, -0.2) is 40.6 Å². The van der Waals surface area contributed by atoms with Crippen molar-refractivity contribution >= 4 is 11.5 Å². The fourth-order valence-electron chi connectivity index (χ4n) is 2.55. The summed E-state index contributed by atoms with van der Waals surface area (Å²) in [6.45, 7) is 6.12. The van der Waals surface area contributed by atoms with Gasteiger partial charge in [-0.25, -0.2) is 4.79 Å². The molecule has 0 radical (unpaired) electrons. The van der Waals surface area contributed by atoms with E-state index in [1.807, 2.05) is 0 Å². The third kappa shape index (κ3) is 3.22. The van der Waals surface area contributed by atoms with E-state index in [-0.39, 0.29) is 11.5 Å². The number of rotatable bonds is 5. The minimum absolute atomic E-state index is 0.173. The molecule has 0 aliphatic carbocycles. The summed E-state index contributed by atoms with van der Waals surface area (Å²) in [7, 11) is 1.53. The van der Waals surface area contributed by atoms with Crippen molar-refractivity contribution in [2.24, 2.45) is 13.0 Å². The van der Waals surface area contributed by atoms with Crippen LogP contribution in [-0.2, 0) is 7.05 Å². The minimum atomic E-state index is -0.497. The van der Waals surface area contributed by atoms with Gasteiger partial charge in [-0.05, 0) is 31.8 Å². The molecule has 0 spiro atoms. The summed E-state index contributed by atoms with van der Waals surface area (Å²) in [4.78, 5) is 27.8. The number of nitrogens with two attached hydrogens (primary N) is 1. The molecule has 1 saturated heterocycles. The predicted molar refractivity (Wildman–Crippen MR) is 80.0 cm³/mol. The molecule has 0 amide bonds. The quantitative estimate of drug-likeness (QED) is 0.694. The first-order chi connectivity index (χ1) is 9.49. The van der Waals surface area contributed by atoms with Gasteiger partial charge >= 0.3 is 5.69 Å². The smallest absolute Gasteiger partial charge is 0.329 e. The average Bonchev–Trinajstić information content (AvgIpc) is 2.88. The summed E-state index contributed by atoms with van der Waals surface area (Å²) in [5, 5.41) is 3.07. The number of nitrogen functional groups attached to an aromatic ring is 1. The fourth-order valence-corrected chi connectivity index (χ4v) is 2.55. The maximum absolute atomic E-state index is 11.7. The summed E-state index contributed by atoms with van der Waals surface area (Å²) in [5.41, 5.74) is 5.13. The van der Waals surface area contributed by atoms with E-state index >= 15 is 0 Å². The van der Waals surface area contributed by atoms with Crippen LogP contribution >= 0.6 is 0 Å². The Labute approximate surface area is 117 Å². The van der Waals surface area contributed by atoms with Crippen molar-refractivity contribution in [2.75, 3.05) is 37.2 Å². The lowest BCUT2D eigenvalue weighted by atomic mass is 10.1. The van der Waals surface area contributed by atoms with Gasteiger partial charge in [0.05, 0.1) is 0 Å². The minimum Gasteiger partial charge on any atom is -0.383 e. The van der Waals surface area contributed by atoms with E-state index in [0.29, 0.717) is 12.5 Å². The van der Waals surface area contributed by atoms with Gasteiger partial charge in [0.25, 0.3) is 5.56 Å². The maximum atomic E-state index is 11.7. The van der Waals surface area contributed by atoms with Gasteiger partial charge in [0, 0.05) is 20.1 Å². The summed E-state index contributed by atoms with van der Waals surface area (Å²) in [6, 6.07) is 0. The van der Waals surface area contributed by atoms with E-state index in [0.717, 1.165) is 19.6 Å². The molecule has 20 heavy (non-hydrogen) atoms. The Bertz CT molecular complexity index is 571. The van der Waals surface area contributed by atoms with Crippen molar-refractivity contribution in [3.05, 3.63) is 20.8 Å². The van der Waals surface area contributed by atoms with Crippen LogP contribution in [0.4, 0.5) is 11.5 Å². The first-order valence-electron chi connectivity index (χ1n) is 7.04. The third-order valence-corrected chi connectivity index (χ3v) is 3.77. The number of hydrogen-bond acceptors (Lipinski definition) is 5. The summed E-state index contributed by atoms with van der Waals surface area (Å²) in [6.07, 6.45) is 2.54. The summed E-state index contributed by atoms with van der Waals surface area (Å²) >= 11 is 0. The molecule has 1 unspecified atom stereocenters. The molecule has 112 valence electrons. The van der Waals surface area contributed by atoms with E-state index in [2.05, 4.69) is 22.1 Å². The van der Waals surface area contributed by atoms with Gasteiger partial charge in [-0.2, -0.15) is 0 Å². The second kappa shape index (κ2) is 6.13. The molecule has 0 saturated carbocycles. The zero-order valence-electron chi connectivity index (χ0n) is 12.1. The number of nitrogens with one attached hydrogen (secondary N) is 2. The summed E-state index contributed by atoms with van der Waals surface area (Å²) < 4.78 is 1.23. The number of likely N-dealkylation sites (tertiary alicyclic amines) is 1. The molecule has 1 aromatic heterocycles. The Kier molecular flexibility index (Phi) is 4.49. The van der Waals surface area contributed by atoms with Crippen molar-refractivity contribution in [1.82, 2.24) is 14.5 Å². The van der Waals surface area contributed by atoms with Gasteiger partial charge in [-0.15, -0.1) is 0 Å². The highest BCUT2D eigenvalue weighted by atomic mass is 16.2.